The lowest BCUT2D eigenvalue weighted by Gasteiger charge is -2.06. The Morgan fingerprint density at radius 2 is 2.00 bits per heavy atom. The topological polar surface area (TPSA) is 77.2 Å². The van der Waals surface area contributed by atoms with Crippen molar-refractivity contribution in [1.29, 1.82) is 0 Å². The first-order chi connectivity index (χ1) is 5.90. The fourth-order valence-electron chi connectivity index (χ4n) is 1.05. The van der Waals surface area contributed by atoms with Crippen LogP contribution in [0, 0.1) is 0 Å². The zero-order chi connectivity index (χ0) is 10.1. The summed E-state index contributed by atoms with van der Waals surface area (Å²) in [6.07, 6.45) is 1.49. The van der Waals surface area contributed by atoms with E-state index in [1.54, 1.807) is 6.92 Å². The lowest BCUT2D eigenvalue weighted by atomic mass is 10.1. The first kappa shape index (κ1) is 10.7. The van der Waals surface area contributed by atoms with Crippen LogP contribution >= 0.6 is 0 Å². The van der Waals surface area contributed by atoms with Crippen molar-refractivity contribution in [3.63, 3.8) is 0 Å². The van der Waals surface area contributed by atoms with Gasteiger partial charge in [-0.25, -0.2) is 8.42 Å². The van der Waals surface area contributed by atoms with Crippen LogP contribution in [0.1, 0.15) is 26.2 Å². The summed E-state index contributed by atoms with van der Waals surface area (Å²) in [5, 5.41) is 0. The zero-order valence-electron chi connectivity index (χ0n) is 7.75. The number of carbonyl (C=O) groups excluding carboxylic acids is 1. The molecular formula is C8H15NO3S. The summed E-state index contributed by atoms with van der Waals surface area (Å²) in [7, 11) is -3.02. The highest BCUT2D eigenvalue weighted by atomic mass is 32.2. The molecule has 0 aromatic carbocycles. The molecule has 0 radical (unpaired) electrons. The Kier molecular flexibility index (Phi) is 2.77. The first-order valence-electron chi connectivity index (χ1n) is 4.42. The van der Waals surface area contributed by atoms with Crippen LogP contribution in [-0.4, -0.2) is 31.2 Å². The van der Waals surface area contributed by atoms with E-state index in [-0.39, 0.29) is 23.7 Å². The van der Waals surface area contributed by atoms with E-state index in [1.807, 2.05) is 0 Å². The van der Waals surface area contributed by atoms with E-state index >= 15 is 0 Å². The van der Waals surface area contributed by atoms with E-state index in [9.17, 15) is 13.2 Å². The molecule has 5 heteroatoms. The summed E-state index contributed by atoms with van der Waals surface area (Å²) >= 11 is 0. The van der Waals surface area contributed by atoms with Crippen LogP contribution in [0.4, 0.5) is 0 Å². The SMILES string of the molecule is CCS(=O)(=O)CCC(=O)C1(N)CC1. The van der Waals surface area contributed by atoms with Gasteiger partial charge in [-0.3, -0.25) is 4.79 Å². The Labute approximate surface area is 78.4 Å². The number of nitrogens with two attached hydrogens (primary N) is 1. The highest BCUT2D eigenvalue weighted by molar-refractivity contribution is 7.91. The fraction of sp³-hybridized carbons (Fsp3) is 0.875. The van der Waals surface area contributed by atoms with Gasteiger partial charge in [0.05, 0.1) is 11.3 Å². The van der Waals surface area contributed by atoms with Crippen LogP contribution in [0.5, 0.6) is 0 Å². The number of hydrogen-bond acceptors (Lipinski definition) is 4. The quantitative estimate of drug-likeness (QED) is 0.678. The van der Waals surface area contributed by atoms with Gasteiger partial charge in [-0.05, 0) is 12.8 Å². The van der Waals surface area contributed by atoms with E-state index < -0.39 is 15.4 Å². The highest BCUT2D eigenvalue weighted by Crippen LogP contribution is 2.34. The Balaban J connectivity index is 2.39. The molecular weight excluding hydrogens is 190 g/mol. The van der Waals surface area contributed by atoms with Gasteiger partial charge < -0.3 is 5.73 Å². The zero-order valence-corrected chi connectivity index (χ0v) is 8.56. The van der Waals surface area contributed by atoms with Crippen molar-refractivity contribution in [2.45, 2.75) is 31.7 Å². The van der Waals surface area contributed by atoms with Crippen LogP contribution in [0.3, 0.4) is 0 Å². The van der Waals surface area contributed by atoms with Crippen LogP contribution in [-0.2, 0) is 14.6 Å². The minimum absolute atomic E-state index is 0.0543. The van der Waals surface area contributed by atoms with Gasteiger partial charge in [0, 0.05) is 12.2 Å². The molecule has 1 saturated carbocycles. The van der Waals surface area contributed by atoms with Crippen LogP contribution in [0.25, 0.3) is 0 Å². The van der Waals surface area contributed by atoms with E-state index in [1.165, 1.54) is 0 Å². The van der Waals surface area contributed by atoms with Gasteiger partial charge in [-0.1, -0.05) is 6.92 Å². The van der Waals surface area contributed by atoms with Crippen molar-refractivity contribution in [2.75, 3.05) is 11.5 Å². The number of rotatable bonds is 5. The summed E-state index contributed by atoms with van der Waals surface area (Å²) in [5.74, 6) is -0.0661. The van der Waals surface area contributed by atoms with E-state index in [0.29, 0.717) is 12.8 Å². The van der Waals surface area contributed by atoms with Crippen LogP contribution in [0.15, 0.2) is 0 Å². The Bertz CT molecular complexity index is 303. The Hall–Kier alpha value is -0.420. The average molecular weight is 205 g/mol. The number of ketones is 1. The largest absolute Gasteiger partial charge is 0.319 e. The molecule has 1 fully saturated rings. The Morgan fingerprint density at radius 3 is 2.38 bits per heavy atom. The average Bonchev–Trinajstić information content (AvgIpc) is 2.81. The molecule has 0 unspecified atom stereocenters. The number of hydrogen-bond donors (Lipinski definition) is 1. The molecule has 4 nitrogen and oxygen atoms in total. The van der Waals surface area contributed by atoms with Gasteiger partial charge in [0.2, 0.25) is 0 Å². The molecule has 2 N–H and O–H groups in total. The number of Topliss-reactive ketones (excluding diaryl/α,β-unsaturated/α-hetero) is 1. The minimum Gasteiger partial charge on any atom is -0.319 e. The van der Waals surface area contributed by atoms with Gasteiger partial charge in [0.25, 0.3) is 0 Å². The molecule has 1 aliphatic carbocycles. The van der Waals surface area contributed by atoms with Crippen LogP contribution in [0.2, 0.25) is 0 Å². The Morgan fingerprint density at radius 1 is 1.46 bits per heavy atom. The molecule has 0 aliphatic heterocycles. The van der Waals surface area contributed by atoms with Gasteiger partial charge in [-0.2, -0.15) is 0 Å². The lowest BCUT2D eigenvalue weighted by Crippen LogP contribution is -2.34. The molecule has 0 heterocycles. The second kappa shape index (κ2) is 3.38. The molecule has 0 spiro atoms. The van der Waals surface area contributed by atoms with Gasteiger partial charge in [-0.15, -0.1) is 0 Å². The normalized spacial score (nSPS) is 19.8. The third-order valence-electron chi connectivity index (χ3n) is 2.42. The number of carbonyl (C=O) groups is 1. The van der Waals surface area contributed by atoms with Crippen molar-refractivity contribution >= 4 is 15.6 Å². The lowest BCUT2D eigenvalue weighted by molar-refractivity contribution is -0.120. The second-order valence-corrected chi connectivity index (χ2v) is 6.04. The van der Waals surface area contributed by atoms with Crippen molar-refractivity contribution < 1.29 is 13.2 Å². The molecule has 1 aliphatic rings. The predicted octanol–water partition coefficient (Wildman–Crippen LogP) is -0.128. The summed E-state index contributed by atoms with van der Waals surface area (Å²) in [5.41, 5.74) is 4.94. The van der Waals surface area contributed by atoms with Crippen molar-refractivity contribution in [1.82, 2.24) is 0 Å². The number of sulfone groups is 1. The summed E-state index contributed by atoms with van der Waals surface area (Å²) in [6, 6.07) is 0. The summed E-state index contributed by atoms with van der Waals surface area (Å²) in [6.45, 7) is 1.58. The molecule has 13 heavy (non-hydrogen) atoms. The standard InChI is InChI=1S/C8H15NO3S/c1-2-13(11,12)6-3-7(10)8(9)4-5-8/h2-6,9H2,1H3. The molecule has 0 aromatic heterocycles. The predicted molar refractivity (Wildman–Crippen MR) is 50.1 cm³/mol. The maximum Gasteiger partial charge on any atom is 0.153 e. The maximum atomic E-state index is 11.3. The molecule has 0 bridgehead atoms. The summed E-state index contributed by atoms with van der Waals surface area (Å²) < 4.78 is 22.1. The molecule has 0 atom stereocenters. The fourth-order valence-corrected chi connectivity index (χ4v) is 1.84. The van der Waals surface area contributed by atoms with E-state index in [0.717, 1.165) is 0 Å². The molecule has 0 saturated heterocycles. The van der Waals surface area contributed by atoms with Crippen molar-refractivity contribution in [3.05, 3.63) is 0 Å². The van der Waals surface area contributed by atoms with Gasteiger partial charge in [0.15, 0.2) is 5.78 Å². The third kappa shape index (κ3) is 2.77. The molecule has 0 aromatic rings. The molecule has 1 rings (SSSR count). The first-order valence-corrected chi connectivity index (χ1v) is 6.24. The molecule has 76 valence electrons. The van der Waals surface area contributed by atoms with Crippen molar-refractivity contribution in [2.24, 2.45) is 5.73 Å². The van der Waals surface area contributed by atoms with Crippen molar-refractivity contribution in [3.8, 4) is 0 Å². The monoisotopic (exact) mass is 205 g/mol. The van der Waals surface area contributed by atoms with Gasteiger partial charge in [0.1, 0.15) is 9.84 Å². The third-order valence-corrected chi connectivity index (χ3v) is 4.13. The molecule has 0 amide bonds. The van der Waals surface area contributed by atoms with Crippen LogP contribution < -0.4 is 5.73 Å². The second-order valence-electron chi connectivity index (χ2n) is 3.57. The smallest absolute Gasteiger partial charge is 0.153 e. The van der Waals surface area contributed by atoms with E-state index in [4.69, 9.17) is 5.73 Å². The maximum absolute atomic E-state index is 11.3. The highest BCUT2D eigenvalue weighted by Gasteiger charge is 2.45. The minimum atomic E-state index is -3.02. The van der Waals surface area contributed by atoms with E-state index in [2.05, 4.69) is 0 Å². The van der Waals surface area contributed by atoms with Gasteiger partial charge >= 0.3 is 0 Å². The summed E-state index contributed by atoms with van der Waals surface area (Å²) in [4.78, 5) is 11.3.